The minimum Gasteiger partial charge on any atom is -0.465 e. The molecule has 2 aromatic carbocycles. The van der Waals surface area contributed by atoms with Crippen LogP contribution >= 0.6 is 12.2 Å². The van der Waals surface area contributed by atoms with Gasteiger partial charge in [-0.3, -0.25) is 10.1 Å². The highest BCUT2D eigenvalue weighted by Crippen LogP contribution is 2.17. The Bertz CT molecular complexity index is 891. The molecule has 7 nitrogen and oxygen atoms in total. The number of carbonyl (C=O) groups excluding carboxylic acids is 3. The lowest BCUT2D eigenvalue weighted by atomic mass is 10.1. The zero-order valence-corrected chi connectivity index (χ0v) is 16.0. The largest absolute Gasteiger partial charge is 0.465 e. The van der Waals surface area contributed by atoms with Crippen LogP contribution in [0.3, 0.4) is 0 Å². The van der Waals surface area contributed by atoms with Gasteiger partial charge in [-0.1, -0.05) is 30.3 Å². The number of carbonyl (C=O) groups is 3. The van der Waals surface area contributed by atoms with E-state index >= 15 is 0 Å². The normalized spacial score (nSPS) is 10.2. The zero-order valence-electron chi connectivity index (χ0n) is 15.2. The van der Waals surface area contributed by atoms with Crippen LogP contribution in [-0.4, -0.2) is 37.2 Å². The molecule has 0 fully saturated rings. The predicted molar refractivity (Wildman–Crippen MR) is 109 cm³/mol. The van der Waals surface area contributed by atoms with Gasteiger partial charge in [-0.25, -0.2) is 9.59 Å². The molecule has 0 aliphatic carbocycles. The first-order valence-corrected chi connectivity index (χ1v) is 8.50. The second kappa shape index (κ2) is 9.98. The molecule has 0 bridgehead atoms. The Kier molecular flexibility index (Phi) is 7.41. The third kappa shape index (κ3) is 6.03. The number of methoxy groups -OCH3 is 2. The quantitative estimate of drug-likeness (QED) is 0.454. The Morgan fingerprint density at radius 1 is 0.929 bits per heavy atom. The van der Waals surface area contributed by atoms with Gasteiger partial charge in [0.05, 0.1) is 25.3 Å². The molecule has 144 valence electrons. The van der Waals surface area contributed by atoms with E-state index in [0.717, 1.165) is 5.56 Å². The molecule has 2 N–H and O–H groups in total. The van der Waals surface area contributed by atoms with E-state index in [-0.39, 0.29) is 16.2 Å². The van der Waals surface area contributed by atoms with Gasteiger partial charge in [0.25, 0.3) is 0 Å². The maximum absolute atomic E-state index is 12.0. The lowest BCUT2D eigenvalue weighted by Crippen LogP contribution is -2.33. The Morgan fingerprint density at radius 2 is 1.50 bits per heavy atom. The van der Waals surface area contributed by atoms with Gasteiger partial charge in [0.2, 0.25) is 5.91 Å². The third-order valence-corrected chi connectivity index (χ3v) is 3.70. The SMILES string of the molecule is COC(=O)c1cc(NC(=S)NC(=O)C=Cc2ccccc2)cc(C(=O)OC)c1. The number of thiocarbonyl (C=S) groups is 1. The number of benzene rings is 2. The average molecular weight is 398 g/mol. The van der Waals surface area contributed by atoms with Crippen LogP contribution in [0.1, 0.15) is 26.3 Å². The van der Waals surface area contributed by atoms with Crippen LogP contribution in [0.25, 0.3) is 6.08 Å². The molecule has 2 aromatic rings. The van der Waals surface area contributed by atoms with E-state index in [1.807, 2.05) is 30.3 Å². The molecule has 0 aliphatic rings. The second-order valence-electron chi connectivity index (χ2n) is 5.47. The van der Waals surface area contributed by atoms with E-state index in [1.54, 1.807) is 6.08 Å². The van der Waals surface area contributed by atoms with Crippen molar-refractivity contribution < 1.29 is 23.9 Å². The fraction of sp³-hybridized carbons (Fsp3) is 0.100. The summed E-state index contributed by atoms with van der Waals surface area (Å²) < 4.78 is 9.35. The van der Waals surface area contributed by atoms with Crippen LogP contribution in [0, 0.1) is 0 Å². The minimum absolute atomic E-state index is 0.000503. The Hall–Kier alpha value is -3.52. The van der Waals surface area contributed by atoms with E-state index in [0.29, 0.717) is 5.69 Å². The smallest absolute Gasteiger partial charge is 0.337 e. The molecule has 0 atom stereocenters. The first-order valence-electron chi connectivity index (χ1n) is 8.09. The molecule has 0 radical (unpaired) electrons. The highest BCUT2D eigenvalue weighted by molar-refractivity contribution is 7.80. The van der Waals surface area contributed by atoms with E-state index in [9.17, 15) is 14.4 Å². The van der Waals surface area contributed by atoms with Crippen LogP contribution in [0.2, 0.25) is 0 Å². The van der Waals surface area contributed by atoms with Gasteiger partial charge in [-0.05, 0) is 42.1 Å². The molecular weight excluding hydrogens is 380 g/mol. The summed E-state index contributed by atoms with van der Waals surface area (Å²) in [5.41, 5.74) is 1.45. The van der Waals surface area contributed by atoms with E-state index < -0.39 is 17.8 Å². The summed E-state index contributed by atoms with van der Waals surface area (Å²) in [4.78, 5) is 35.6. The summed E-state index contributed by atoms with van der Waals surface area (Å²) in [6.07, 6.45) is 2.99. The highest BCUT2D eigenvalue weighted by atomic mass is 32.1. The number of hydrogen-bond acceptors (Lipinski definition) is 6. The number of nitrogens with one attached hydrogen (secondary N) is 2. The first-order chi connectivity index (χ1) is 13.4. The second-order valence-corrected chi connectivity index (χ2v) is 5.88. The van der Waals surface area contributed by atoms with Crippen LogP contribution in [-0.2, 0) is 14.3 Å². The van der Waals surface area contributed by atoms with Crippen LogP contribution in [0.5, 0.6) is 0 Å². The Morgan fingerprint density at radius 3 is 2.04 bits per heavy atom. The van der Waals surface area contributed by atoms with Crippen molar-refractivity contribution in [3.63, 3.8) is 0 Å². The molecule has 0 unspecified atom stereocenters. The number of ether oxygens (including phenoxy) is 2. The molecule has 0 aliphatic heterocycles. The molecule has 0 heterocycles. The summed E-state index contributed by atoms with van der Waals surface area (Å²) >= 11 is 5.11. The van der Waals surface area contributed by atoms with Gasteiger partial charge in [-0.15, -0.1) is 0 Å². The molecule has 28 heavy (non-hydrogen) atoms. The van der Waals surface area contributed by atoms with Crippen molar-refractivity contribution in [2.24, 2.45) is 0 Å². The van der Waals surface area contributed by atoms with Crippen LogP contribution in [0.15, 0.2) is 54.6 Å². The highest BCUT2D eigenvalue weighted by Gasteiger charge is 2.14. The number of esters is 2. The zero-order chi connectivity index (χ0) is 20.5. The summed E-state index contributed by atoms with van der Waals surface area (Å²) in [5.74, 6) is -1.69. The fourth-order valence-corrected chi connectivity index (χ4v) is 2.44. The number of anilines is 1. The number of hydrogen-bond donors (Lipinski definition) is 2. The van der Waals surface area contributed by atoms with E-state index in [2.05, 4.69) is 20.1 Å². The van der Waals surface area contributed by atoms with Crippen molar-refractivity contribution in [2.45, 2.75) is 0 Å². The van der Waals surface area contributed by atoms with Crippen molar-refractivity contribution in [1.82, 2.24) is 5.32 Å². The molecule has 2 rings (SSSR count). The minimum atomic E-state index is -0.630. The molecule has 8 heteroatoms. The molecule has 0 saturated carbocycles. The summed E-state index contributed by atoms with van der Waals surface area (Å²) in [6, 6.07) is 13.5. The molecule has 0 spiro atoms. The summed E-state index contributed by atoms with van der Waals surface area (Å²) in [5, 5.41) is 5.25. The number of rotatable bonds is 5. The van der Waals surface area contributed by atoms with Gasteiger partial charge < -0.3 is 14.8 Å². The third-order valence-electron chi connectivity index (χ3n) is 3.50. The standard InChI is InChI=1S/C20H18N2O5S/c1-26-18(24)14-10-15(19(25)27-2)12-16(11-14)21-20(28)22-17(23)9-8-13-6-4-3-5-7-13/h3-12H,1-2H3,(H2,21,22,23,28). The van der Waals surface area contributed by atoms with Crippen molar-refractivity contribution in [2.75, 3.05) is 19.5 Å². The van der Waals surface area contributed by atoms with Gasteiger partial charge in [0.15, 0.2) is 5.11 Å². The molecule has 0 aromatic heterocycles. The Labute approximate surface area is 167 Å². The molecular formula is C20H18N2O5S. The summed E-state index contributed by atoms with van der Waals surface area (Å²) in [6.45, 7) is 0. The van der Waals surface area contributed by atoms with Crippen molar-refractivity contribution in [3.8, 4) is 0 Å². The van der Waals surface area contributed by atoms with Crippen LogP contribution < -0.4 is 10.6 Å². The lowest BCUT2D eigenvalue weighted by molar-refractivity contribution is -0.115. The maximum atomic E-state index is 12.0. The van der Waals surface area contributed by atoms with Crippen molar-refractivity contribution in [3.05, 3.63) is 71.3 Å². The van der Waals surface area contributed by atoms with E-state index in [4.69, 9.17) is 12.2 Å². The van der Waals surface area contributed by atoms with Gasteiger partial charge >= 0.3 is 11.9 Å². The van der Waals surface area contributed by atoms with Gasteiger partial charge in [0.1, 0.15) is 0 Å². The fourth-order valence-electron chi connectivity index (χ4n) is 2.22. The van der Waals surface area contributed by atoms with E-state index in [1.165, 1.54) is 38.5 Å². The molecule has 0 saturated heterocycles. The van der Waals surface area contributed by atoms with Crippen molar-refractivity contribution in [1.29, 1.82) is 0 Å². The maximum Gasteiger partial charge on any atom is 0.337 e. The number of amides is 1. The average Bonchev–Trinajstić information content (AvgIpc) is 2.71. The van der Waals surface area contributed by atoms with Gasteiger partial charge in [-0.2, -0.15) is 0 Å². The monoisotopic (exact) mass is 398 g/mol. The Balaban J connectivity index is 2.09. The predicted octanol–water partition coefficient (Wildman–Crippen LogP) is 2.79. The van der Waals surface area contributed by atoms with Crippen LogP contribution in [0.4, 0.5) is 5.69 Å². The van der Waals surface area contributed by atoms with Gasteiger partial charge in [0, 0.05) is 11.8 Å². The topological polar surface area (TPSA) is 93.7 Å². The first kappa shape index (κ1) is 20.8. The molecule has 1 amide bonds. The summed E-state index contributed by atoms with van der Waals surface area (Å²) in [7, 11) is 2.45. The lowest BCUT2D eigenvalue weighted by Gasteiger charge is -2.11. The van der Waals surface area contributed by atoms with Crippen molar-refractivity contribution >= 4 is 46.9 Å².